The van der Waals surface area contributed by atoms with Crippen molar-refractivity contribution in [2.24, 2.45) is 0 Å². The molecule has 0 spiro atoms. The van der Waals surface area contributed by atoms with E-state index in [-0.39, 0.29) is 5.91 Å². The molecule has 2 heterocycles. The number of pyridine rings is 1. The highest BCUT2D eigenvalue weighted by molar-refractivity contribution is 7.99. The van der Waals surface area contributed by atoms with Crippen LogP contribution in [0.5, 0.6) is 5.75 Å². The van der Waals surface area contributed by atoms with E-state index in [9.17, 15) is 4.79 Å². The number of nitrogens with zero attached hydrogens (tertiary/aromatic N) is 3. The van der Waals surface area contributed by atoms with E-state index in [1.807, 2.05) is 31.2 Å². The van der Waals surface area contributed by atoms with Crippen LogP contribution >= 0.6 is 11.8 Å². The minimum Gasteiger partial charge on any atom is -0.492 e. The van der Waals surface area contributed by atoms with E-state index < -0.39 is 0 Å². The number of thioether (sulfide) groups is 1. The maximum absolute atomic E-state index is 12.4. The van der Waals surface area contributed by atoms with Gasteiger partial charge in [0.15, 0.2) is 10.8 Å². The Morgan fingerprint density at radius 1 is 1.10 bits per heavy atom. The maximum Gasteiger partial charge on any atom is 0.225 e. The molecule has 0 bridgehead atoms. The van der Waals surface area contributed by atoms with Crippen molar-refractivity contribution >= 4 is 39.9 Å². The molecule has 154 valence electrons. The van der Waals surface area contributed by atoms with Crippen LogP contribution in [-0.4, -0.2) is 32.9 Å². The zero-order valence-corrected chi connectivity index (χ0v) is 18.1. The van der Waals surface area contributed by atoms with Gasteiger partial charge in [-0.15, -0.1) is 10.2 Å². The molecule has 1 amide bonds. The van der Waals surface area contributed by atoms with Gasteiger partial charge in [-0.1, -0.05) is 42.1 Å². The van der Waals surface area contributed by atoms with Gasteiger partial charge < -0.3 is 10.1 Å². The molecule has 0 atom stereocenters. The molecule has 1 N–H and O–H groups in total. The number of hydrogen-bond acceptors (Lipinski definition) is 5. The second-order valence-electron chi connectivity index (χ2n) is 7.05. The Balaban J connectivity index is 1.49. The first-order valence-corrected chi connectivity index (χ1v) is 11.0. The molecule has 0 aliphatic rings. The van der Waals surface area contributed by atoms with Crippen LogP contribution < -0.4 is 10.1 Å². The molecule has 7 heteroatoms. The number of carbonyl (C=O) groups is 1. The fraction of sp³-hybridized carbons (Fsp3) is 0.261. The molecule has 0 aliphatic heterocycles. The van der Waals surface area contributed by atoms with Gasteiger partial charge in [0, 0.05) is 17.6 Å². The van der Waals surface area contributed by atoms with E-state index in [0.29, 0.717) is 30.2 Å². The number of para-hydroxylation sites is 3. The summed E-state index contributed by atoms with van der Waals surface area (Å²) in [6.45, 7) is 6.66. The Kier molecular flexibility index (Phi) is 5.90. The highest BCUT2D eigenvalue weighted by atomic mass is 32.2. The normalized spacial score (nSPS) is 11.2. The summed E-state index contributed by atoms with van der Waals surface area (Å²) in [4.78, 5) is 12.4. The number of benzene rings is 2. The van der Waals surface area contributed by atoms with E-state index in [4.69, 9.17) is 4.74 Å². The van der Waals surface area contributed by atoms with Crippen molar-refractivity contribution in [2.75, 3.05) is 17.7 Å². The van der Waals surface area contributed by atoms with Crippen molar-refractivity contribution in [1.29, 1.82) is 0 Å². The van der Waals surface area contributed by atoms with Crippen LogP contribution in [0, 0.1) is 13.8 Å². The lowest BCUT2D eigenvalue weighted by atomic mass is 10.1. The van der Waals surface area contributed by atoms with Crippen LogP contribution in [0.25, 0.3) is 16.6 Å². The first kappa shape index (κ1) is 20.2. The van der Waals surface area contributed by atoms with Gasteiger partial charge in [-0.25, -0.2) is 0 Å². The molecule has 0 radical (unpaired) electrons. The Labute approximate surface area is 179 Å². The topological polar surface area (TPSA) is 68.5 Å². The zero-order valence-electron chi connectivity index (χ0n) is 17.3. The number of ether oxygens (including phenoxy) is 1. The van der Waals surface area contributed by atoms with Crippen LogP contribution in [0.1, 0.15) is 24.5 Å². The molecule has 4 aromatic rings. The second-order valence-corrected chi connectivity index (χ2v) is 8.11. The molecule has 30 heavy (non-hydrogen) atoms. The molecule has 2 aromatic heterocycles. The van der Waals surface area contributed by atoms with Crippen molar-refractivity contribution < 1.29 is 9.53 Å². The van der Waals surface area contributed by atoms with Crippen molar-refractivity contribution in [3.05, 3.63) is 59.7 Å². The van der Waals surface area contributed by atoms with E-state index >= 15 is 0 Å². The van der Waals surface area contributed by atoms with E-state index in [2.05, 4.69) is 58.0 Å². The summed E-state index contributed by atoms with van der Waals surface area (Å²) < 4.78 is 7.66. The molecular weight excluding hydrogens is 396 g/mol. The van der Waals surface area contributed by atoms with Crippen LogP contribution in [0.4, 0.5) is 5.69 Å². The van der Waals surface area contributed by atoms with Crippen molar-refractivity contribution in [1.82, 2.24) is 14.6 Å². The van der Waals surface area contributed by atoms with Crippen molar-refractivity contribution in [3.63, 3.8) is 0 Å². The SMILES string of the molecule is CCOc1ccccc1NC(=O)CCSc1nnc2cc(C)c3cccc(C)c3n12. The number of hydrogen-bond donors (Lipinski definition) is 1. The predicted molar refractivity (Wildman–Crippen MR) is 122 cm³/mol. The van der Waals surface area contributed by atoms with Gasteiger partial charge in [0.25, 0.3) is 0 Å². The van der Waals surface area contributed by atoms with Crippen LogP contribution in [0.2, 0.25) is 0 Å². The monoisotopic (exact) mass is 420 g/mol. The number of anilines is 1. The average molecular weight is 421 g/mol. The minimum absolute atomic E-state index is 0.0552. The zero-order chi connectivity index (χ0) is 21.1. The number of carbonyl (C=O) groups excluding carboxylic acids is 1. The molecule has 6 nitrogen and oxygen atoms in total. The summed E-state index contributed by atoms with van der Waals surface area (Å²) in [5.74, 6) is 1.23. The largest absolute Gasteiger partial charge is 0.492 e. The predicted octanol–water partition coefficient (Wildman–Crippen LogP) is 5.02. The molecule has 2 aromatic carbocycles. The second kappa shape index (κ2) is 8.75. The molecule has 0 saturated heterocycles. The Bertz CT molecular complexity index is 1220. The number of aryl methyl sites for hydroxylation is 2. The molecule has 0 saturated carbocycles. The van der Waals surface area contributed by atoms with Gasteiger partial charge >= 0.3 is 0 Å². The fourth-order valence-electron chi connectivity index (χ4n) is 3.52. The van der Waals surface area contributed by atoms with Crippen LogP contribution in [0.15, 0.2) is 53.7 Å². The third-order valence-corrected chi connectivity index (χ3v) is 5.84. The highest BCUT2D eigenvalue weighted by Crippen LogP contribution is 2.28. The number of amides is 1. The Morgan fingerprint density at radius 2 is 1.93 bits per heavy atom. The minimum atomic E-state index is -0.0552. The average Bonchev–Trinajstić information content (AvgIpc) is 3.12. The third-order valence-electron chi connectivity index (χ3n) is 4.91. The van der Waals surface area contributed by atoms with Gasteiger partial charge in [0.2, 0.25) is 5.91 Å². The number of rotatable bonds is 7. The number of aromatic nitrogens is 3. The molecule has 0 unspecified atom stereocenters. The Morgan fingerprint density at radius 3 is 2.77 bits per heavy atom. The summed E-state index contributed by atoms with van der Waals surface area (Å²) in [6, 6.07) is 15.8. The first-order chi connectivity index (χ1) is 14.6. The van der Waals surface area contributed by atoms with Gasteiger partial charge in [0.1, 0.15) is 5.75 Å². The van der Waals surface area contributed by atoms with E-state index in [1.54, 1.807) is 0 Å². The summed E-state index contributed by atoms with van der Waals surface area (Å²) in [5, 5.41) is 13.6. The highest BCUT2D eigenvalue weighted by Gasteiger charge is 2.14. The van der Waals surface area contributed by atoms with Gasteiger partial charge in [-0.2, -0.15) is 0 Å². The maximum atomic E-state index is 12.4. The standard InChI is InChI=1S/C23H24N4O2S/c1-4-29-19-11-6-5-10-18(19)24-21(28)12-13-30-23-26-25-20-14-16(3)17-9-7-8-15(2)22(17)27(20)23/h5-11,14H,4,12-13H2,1-3H3,(H,24,28). The van der Waals surface area contributed by atoms with Gasteiger partial charge in [-0.05, 0) is 50.1 Å². The smallest absolute Gasteiger partial charge is 0.225 e. The molecule has 4 rings (SSSR count). The summed E-state index contributed by atoms with van der Waals surface area (Å²) in [5.41, 5.74) is 4.99. The number of nitrogens with one attached hydrogen (secondary N) is 1. The van der Waals surface area contributed by atoms with E-state index in [1.165, 1.54) is 28.3 Å². The van der Waals surface area contributed by atoms with Gasteiger partial charge in [0.05, 0.1) is 17.8 Å². The fourth-order valence-corrected chi connectivity index (χ4v) is 4.41. The van der Waals surface area contributed by atoms with Gasteiger partial charge in [-0.3, -0.25) is 9.20 Å². The Hall–Kier alpha value is -3.06. The van der Waals surface area contributed by atoms with Crippen molar-refractivity contribution in [2.45, 2.75) is 32.3 Å². The third kappa shape index (κ3) is 3.98. The summed E-state index contributed by atoms with van der Waals surface area (Å²) in [6.07, 6.45) is 0.364. The van der Waals surface area contributed by atoms with Crippen LogP contribution in [0.3, 0.4) is 0 Å². The lowest BCUT2D eigenvalue weighted by Gasteiger charge is -2.11. The lowest BCUT2D eigenvalue weighted by Crippen LogP contribution is -2.13. The summed E-state index contributed by atoms with van der Waals surface area (Å²) in [7, 11) is 0. The van der Waals surface area contributed by atoms with Crippen molar-refractivity contribution in [3.8, 4) is 5.75 Å². The molecule has 0 fully saturated rings. The lowest BCUT2D eigenvalue weighted by molar-refractivity contribution is -0.115. The van der Waals surface area contributed by atoms with Crippen LogP contribution in [-0.2, 0) is 4.79 Å². The molecule has 0 aliphatic carbocycles. The summed E-state index contributed by atoms with van der Waals surface area (Å²) >= 11 is 1.54. The van der Waals surface area contributed by atoms with E-state index in [0.717, 1.165) is 16.3 Å². The first-order valence-electron chi connectivity index (χ1n) is 9.97. The quantitative estimate of drug-likeness (QED) is 0.425. The number of fused-ring (bicyclic) bond motifs is 3. The molecular formula is C23H24N4O2S.